The Morgan fingerprint density at radius 2 is 1.88 bits per heavy atom. The van der Waals surface area contributed by atoms with E-state index in [0.717, 1.165) is 44.9 Å². The molecule has 8 heteroatoms. The van der Waals surface area contributed by atoms with Gasteiger partial charge in [0.05, 0.1) is 17.4 Å². The molecule has 0 aromatic rings. The van der Waals surface area contributed by atoms with Gasteiger partial charge in [-0.1, -0.05) is 40.0 Å². The summed E-state index contributed by atoms with van der Waals surface area (Å²) >= 11 is 0. The number of unbranched alkanes of at least 4 members (excludes halogenated alkanes) is 3. The molecule has 3 aliphatic heterocycles. The van der Waals surface area contributed by atoms with Crippen molar-refractivity contribution < 1.29 is 24.2 Å². The number of carbonyl (C=O) groups is 3. The lowest BCUT2D eigenvalue weighted by Crippen LogP contribution is -2.57. The van der Waals surface area contributed by atoms with E-state index >= 15 is 0 Å². The van der Waals surface area contributed by atoms with Crippen molar-refractivity contribution in [3.8, 4) is 0 Å². The van der Waals surface area contributed by atoms with Crippen LogP contribution in [0.2, 0.25) is 0 Å². The van der Waals surface area contributed by atoms with Crippen LogP contribution in [0.4, 0.5) is 0 Å². The highest BCUT2D eigenvalue weighted by atomic mass is 16.5. The molecule has 0 radical (unpaired) electrons. The average molecular weight is 480 g/mol. The smallest absolute Gasteiger partial charge is 0.246 e. The van der Waals surface area contributed by atoms with E-state index in [9.17, 15) is 14.4 Å². The molecule has 3 rings (SSSR count). The number of aliphatic hydroxyl groups is 1. The normalized spacial score (nSPS) is 34.9. The summed E-state index contributed by atoms with van der Waals surface area (Å²) in [5.74, 6) is -1.62. The minimum Gasteiger partial charge on any atom is -0.396 e. The molecule has 0 aromatic carbocycles. The zero-order chi connectivity index (χ0) is 25.1. The van der Waals surface area contributed by atoms with Gasteiger partial charge in [0.25, 0.3) is 0 Å². The van der Waals surface area contributed by atoms with Crippen LogP contribution in [0.25, 0.3) is 0 Å². The molecule has 0 aliphatic carbocycles. The van der Waals surface area contributed by atoms with Gasteiger partial charge in [0.15, 0.2) is 0 Å². The summed E-state index contributed by atoms with van der Waals surface area (Å²) in [6, 6.07) is -0.722. The molecule has 7 atom stereocenters. The third-order valence-corrected chi connectivity index (χ3v) is 8.31. The quantitative estimate of drug-likeness (QED) is 0.352. The molecule has 2 bridgehead atoms. The van der Waals surface area contributed by atoms with Crippen molar-refractivity contribution in [2.75, 3.05) is 19.7 Å². The molecule has 4 unspecified atom stereocenters. The molecule has 194 valence electrons. The monoisotopic (exact) mass is 479 g/mol. The van der Waals surface area contributed by atoms with E-state index in [4.69, 9.17) is 9.84 Å². The third kappa shape index (κ3) is 4.60. The summed E-state index contributed by atoms with van der Waals surface area (Å²) in [6.45, 7) is 11.3. The van der Waals surface area contributed by atoms with Gasteiger partial charge in [0.1, 0.15) is 11.6 Å². The number of carbonyl (C=O) groups excluding carboxylic acids is 3. The maximum Gasteiger partial charge on any atom is 0.246 e. The number of hydrogen-bond donors (Lipinski definition) is 3. The molecule has 3 fully saturated rings. The zero-order valence-electron chi connectivity index (χ0n) is 21.7. The first-order valence-corrected chi connectivity index (χ1v) is 13.4. The van der Waals surface area contributed by atoms with Crippen molar-refractivity contribution in [2.45, 2.75) is 109 Å². The van der Waals surface area contributed by atoms with Crippen LogP contribution in [0.15, 0.2) is 0 Å². The largest absolute Gasteiger partial charge is 0.396 e. The number of hydrogen-bond acceptors (Lipinski definition) is 5. The molecule has 3 heterocycles. The van der Waals surface area contributed by atoms with Crippen LogP contribution in [0.3, 0.4) is 0 Å². The van der Waals surface area contributed by atoms with E-state index in [0.29, 0.717) is 19.5 Å². The summed E-state index contributed by atoms with van der Waals surface area (Å²) in [5.41, 5.74) is -1.74. The highest BCUT2D eigenvalue weighted by Crippen LogP contribution is 2.65. The van der Waals surface area contributed by atoms with E-state index in [2.05, 4.69) is 24.5 Å². The number of aliphatic hydroxyl groups excluding tert-OH is 1. The second-order valence-corrected chi connectivity index (χ2v) is 10.9. The molecule has 8 nitrogen and oxygen atoms in total. The molecule has 3 aliphatic rings. The van der Waals surface area contributed by atoms with Gasteiger partial charge in [-0.25, -0.2) is 0 Å². The molecule has 3 N–H and O–H groups in total. The number of amides is 3. The average Bonchev–Trinajstić information content (AvgIpc) is 3.29. The van der Waals surface area contributed by atoms with E-state index in [-0.39, 0.29) is 36.3 Å². The number of nitrogens with zero attached hydrogens (tertiary/aromatic N) is 1. The Morgan fingerprint density at radius 3 is 2.53 bits per heavy atom. The Labute approximate surface area is 204 Å². The van der Waals surface area contributed by atoms with Gasteiger partial charge in [0, 0.05) is 25.7 Å². The lowest BCUT2D eigenvalue weighted by Gasteiger charge is -2.36. The van der Waals surface area contributed by atoms with Crippen molar-refractivity contribution in [1.29, 1.82) is 0 Å². The highest BCUT2D eigenvalue weighted by molar-refractivity contribution is 5.99. The van der Waals surface area contributed by atoms with Crippen molar-refractivity contribution in [3.63, 3.8) is 0 Å². The SMILES string of the molecule is CCCNC(=O)[C@H]1[C@H]2C(=O)N(CCCCCCO)C(C(=O)NC(C)CCC)C23CC(C)[C@]1(C)O3. The first kappa shape index (κ1) is 26.9. The summed E-state index contributed by atoms with van der Waals surface area (Å²) in [4.78, 5) is 42.6. The lowest BCUT2D eigenvalue weighted by molar-refractivity contribution is -0.147. The minimum absolute atomic E-state index is 0.00437. The van der Waals surface area contributed by atoms with Gasteiger partial charge < -0.3 is 25.4 Å². The minimum atomic E-state index is -0.972. The first-order chi connectivity index (χ1) is 16.2. The van der Waals surface area contributed by atoms with E-state index < -0.39 is 29.1 Å². The van der Waals surface area contributed by atoms with Crippen LogP contribution in [0, 0.1) is 17.8 Å². The van der Waals surface area contributed by atoms with Crippen molar-refractivity contribution >= 4 is 17.7 Å². The fourth-order valence-corrected chi connectivity index (χ4v) is 6.61. The molecular weight excluding hydrogens is 434 g/mol. The highest BCUT2D eigenvalue weighted by Gasteiger charge is 2.79. The second-order valence-electron chi connectivity index (χ2n) is 10.9. The number of likely N-dealkylation sites (tertiary alicyclic amines) is 1. The molecule has 3 saturated heterocycles. The van der Waals surface area contributed by atoms with Gasteiger partial charge in [-0.2, -0.15) is 0 Å². The third-order valence-electron chi connectivity index (χ3n) is 8.31. The fraction of sp³-hybridized carbons (Fsp3) is 0.885. The Kier molecular flexibility index (Phi) is 8.66. The van der Waals surface area contributed by atoms with Gasteiger partial charge in [-0.15, -0.1) is 0 Å². The van der Waals surface area contributed by atoms with Gasteiger partial charge in [0.2, 0.25) is 17.7 Å². The number of rotatable bonds is 13. The second kappa shape index (κ2) is 10.9. The van der Waals surface area contributed by atoms with Crippen LogP contribution in [-0.2, 0) is 19.1 Å². The van der Waals surface area contributed by atoms with E-state index in [1.54, 1.807) is 4.90 Å². The first-order valence-electron chi connectivity index (χ1n) is 13.4. The molecule has 1 spiro atoms. The van der Waals surface area contributed by atoms with Gasteiger partial charge in [-0.3, -0.25) is 14.4 Å². The number of nitrogens with one attached hydrogen (secondary N) is 2. The maximum atomic E-state index is 13.9. The lowest BCUT2D eigenvalue weighted by atomic mass is 9.62. The summed E-state index contributed by atoms with van der Waals surface area (Å²) in [5, 5.41) is 15.2. The Hall–Kier alpha value is -1.67. The topological polar surface area (TPSA) is 108 Å². The van der Waals surface area contributed by atoms with Crippen LogP contribution in [0.1, 0.15) is 86.0 Å². The van der Waals surface area contributed by atoms with Crippen molar-refractivity contribution in [1.82, 2.24) is 15.5 Å². The molecule has 34 heavy (non-hydrogen) atoms. The van der Waals surface area contributed by atoms with Crippen LogP contribution >= 0.6 is 0 Å². The fourth-order valence-electron chi connectivity index (χ4n) is 6.61. The standard InChI is InChI=1S/C26H45N3O5/c1-6-12-18(4)28-23(32)21-26-16-17(3)25(5,34-26)19(22(31)27-13-7-2)20(26)24(33)29(21)14-10-8-9-11-15-30/h17-21,30H,6-16H2,1-5H3,(H,27,31)(H,28,32)/t17?,18?,19-,20+,21?,25+,26?/m1/s1. The number of fused-ring (bicyclic) bond motifs is 1. The maximum absolute atomic E-state index is 13.9. The van der Waals surface area contributed by atoms with E-state index in [1.807, 2.05) is 20.8 Å². The summed E-state index contributed by atoms with van der Waals surface area (Å²) in [6.07, 6.45) is 6.47. The Bertz CT molecular complexity index is 761. The van der Waals surface area contributed by atoms with Gasteiger partial charge >= 0.3 is 0 Å². The molecular formula is C26H45N3O5. The predicted molar refractivity (Wildman–Crippen MR) is 130 cm³/mol. The molecule has 0 aromatic heterocycles. The zero-order valence-corrected chi connectivity index (χ0v) is 21.7. The summed E-state index contributed by atoms with van der Waals surface area (Å²) < 4.78 is 6.70. The van der Waals surface area contributed by atoms with Crippen molar-refractivity contribution in [3.05, 3.63) is 0 Å². The summed E-state index contributed by atoms with van der Waals surface area (Å²) in [7, 11) is 0. The Morgan fingerprint density at radius 1 is 1.18 bits per heavy atom. The molecule has 0 saturated carbocycles. The van der Waals surface area contributed by atoms with Crippen molar-refractivity contribution in [2.24, 2.45) is 17.8 Å². The molecule has 3 amide bonds. The van der Waals surface area contributed by atoms with Crippen LogP contribution in [0.5, 0.6) is 0 Å². The van der Waals surface area contributed by atoms with Gasteiger partial charge in [-0.05, 0) is 51.9 Å². The predicted octanol–water partition coefficient (Wildman–Crippen LogP) is 2.38. The van der Waals surface area contributed by atoms with Crippen LogP contribution in [-0.4, -0.2) is 70.7 Å². The van der Waals surface area contributed by atoms with E-state index in [1.165, 1.54) is 0 Å². The number of ether oxygens (including phenoxy) is 1. The van der Waals surface area contributed by atoms with Crippen LogP contribution < -0.4 is 10.6 Å². The Balaban J connectivity index is 1.93.